The van der Waals surface area contributed by atoms with Gasteiger partial charge in [0.15, 0.2) is 0 Å². The van der Waals surface area contributed by atoms with Crippen molar-refractivity contribution >= 4 is 53.2 Å². The molecule has 4 nitrogen and oxygen atoms in total. The fourth-order valence-corrected chi connectivity index (χ4v) is 8.39. The molecular formula is C47H35N2O2P. The van der Waals surface area contributed by atoms with E-state index >= 15 is 0 Å². The van der Waals surface area contributed by atoms with Gasteiger partial charge in [-0.05, 0) is 66.3 Å². The highest BCUT2D eigenvalue weighted by Gasteiger charge is 2.40. The fraction of sp³-hybridized carbons (Fsp3) is 0.0638. The number of carbonyl (C=O) groups excluding carboxylic acids is 2. The van der Waals surface area contributed by atoms with Gasteiger partial charge in [-0.15, -0.1) is 0 Å². The number of fused-ring (bicyclic) bond motifs is 4. The van der Waals surface area contributed by atoms with Crippen molar-refractivity contribution < 1.29 is 9.59 Å². The first-order valence-electron chi connectivity index (χ1n) is 17.5. The van der Waals surface area contributed by atoms with Gasteiger partial charge < -0.3 is 4.57 Å². The van der Waals surface area contributed by atoms with E-state index in [0.717, 1.165) is 60.5 Å². The molecule has 7 aromatic carbocycles. The molecule has 250 valence electrons. The van der Waals surface area contributed by atoms with Crippen molar-refractivity contribution in [3.63, 3.8) is 0 Å². The molecule has 2 heterocycles. The van der Waals surface area contributed by atoms with E-state index in [4.69, 9.17) is 0 Å². The molecule has 0 fully saturated rings. The fourth-order valence-electron chi connectivity index (χ4n) is 7.70. The van der Waals surface area contributed by atoms with E-state index in [0.29, 0.717) is 31.1 Å². The standard InChI is InChI=1S/C47H35N2O2P/c1-29-18-22-32(23-19-29)35-12-7-14-37-38-15-8-13-36(33-24-20-30(2)21-25-33)45(38)48(44(35)37)40-17-9-16-39-43(40)47(51)49(46(39)50)41-28-34(26-27-42(41)52-3)31-10-5-4-6-11-31/h4-28,52H,1-3H3. The topological polar surface area (TPSA) is 42.3 Å². The van der Waals surface area contributed by atoms with Crippen molar-refractivity contribution in [3.8, 4) is 39.1 Å². The summed E-state index contributed by atoms with van der Waals surface area (Å²) in [6.07, 6.45) is 0. The number of hydrogen-bond acceptors (Lipinski definition) is 2. The van der Waals surface area contributed by atoms with Gasteiger partial charge in [-0.3, -0.25) is 9.59 Å². The Labute approximate surface area is 304 Å². The number of aromatic nitrogens is 1. The van der Waals surface area contributed by atoms with Gasteiger partial charge in [-0.2, -0.15) is 0 Å². The van der Waals surface area contributed by atoms with E-state index in [1.165, 1.54) is 16.0 Å². The van der Waals surface area contributed by atoms with Crippen LogP contribution in [-0.4, -0.2) is 23.0 Å². The zero-order valence-electron chi connectivity index (χ0n) is 29.1. The van der Waals surface area contributed by atoms with Gasteiger partial charge in [0.2, 0.25) is 0 Å². The number of aryl methyl sites for hydroxylation is 2. The van der Waals surface area contributed by atoms with E-state index < -0.39 is 0 Å². The number of anilines is 1. The smallest absolute Gasteiger partial charge is 0.268 e. The van der Waals surface area contributed by atoms with Gasteiger partial charge in [0, 0.05) is 21.9 Å². The number of para-hydroxylation sites is 2. The minimum absolute atomic E-state index is 0.301. The summed E-state index contributed by atoms with van der Waals surface area (Å²) in [5.41, 5.74) is 12.8. The molecule has 1 aliphatic rings. The molecule has 0 saturated carbocycles. The van der Waals surface area contributed by atoms with Crippen molar-refractivity contribution in [1.82, 2.24) is 4.57 Å². The van der Waals surface area contributed by atoms with Crippen LogP contribution >= 0.6 is 8.58 Å². The molecule has 0 spiro atoms. The van der Waals surface area contributed by atoms with Crippen molar-refractivity contribution in [1.29, 1.82) is 0 Å². The highest BCUT2D eigenvalue weighted by atomic mass is 31.1. The molecular weight excluding hydrogens is 656 g/mol. The zero-order valence-corrected chi connectivity index (χ0v) is 30.1. The van der Waals surface area contributed by atoms with E-state index in [1.54, 1.807) is 6.07 Å². The Morgan fingerprint density at radius 1 is 0.462 bits per heavy atom. The Kier molecular flexibility index (Phi) is 7.72. The summed E-state index contributed by atoms with van der Waals surface area (Å²) in [6.45, 7) is 6.27. The summed E-state index contributed by atoms with van der Waals surface area (Å²) in [7, 11) is 0.396. The molecule has 1 unspecified atom stereocenters. The largest absolute Gasteiger partial charge is 0.307 e. The second-order valence-electron chi connectivity index (χ2n) is 13.5. The van der Waals surface area contributed by atoms with Crippen LogP contribution in [0.15, 0.2) is 152 Å². The lowest BCUT2D eigenvalue weighted by molar-refractivity contribution is 0.0926. The van der Waals surface area contributed by atoms with E-state index in [-0.39, 0.29) is 11.8 Å². The van der Waals surface area contributed by atoms with Crippen molar-refractivity contribution in [3.05, 3.63) is 174 Å². The predicted octanol–water partition coefficient (Wildman–Crippen LogP) is 11.1. The van der Waals surface area contributed by atoms with Crippen molar-refractivity contribution in [2.24, 2.45) is 0 Å². The molecule has 1 aliphatic heterocycles. The van der Waals surface area contributed by atoms with Gasteiger partial charge in [-0.25, -0.2) is 4.90 Å². The molecule has 2 amide bonds. The van der Waals surface area contributed by atoms with Crippen LogP contribution in [0.4, 0.5) is 5.69 Å². The van der Waals surface area contributed by atoms with Crippen molar-refractivity contribution in [2.75, 3.05) is 11.6 Å². The molecule has 5 heteroatoms. The average molecular weight is 691 g/mol. The SMILES string of the molecule is CPc1ccc(-c2ccccc2)cc1N1C(=O)c2cccc(-n3c4c(-c5ccc(C)cc5)cccc4c4cccc(-c5ccc(C)cc5)c43)c2C1=O. The van der Waals surface area contributed by atoms with Crippen LogP contribution in [0.2, 0.25) is 0 Å². The quantitative estimate of drug-likeness (QED) is 0.129. The molecule has 1 atom stereocenters. The van der Waals surface area contributed by atoms with Crippen molar-refractivity contribution in [2.45, 2.75) is 13.8 Å². The maximum absolute atomic E-state index is 15.0. The molecule has 52 heavy (non-hydrogen) atoms. The Hall–Kier alpha value is -6.09. The first-order chi connectivity index (χ1) is 25.4. The molecule has 8 aromatic rings. The molecule has 9 rings (SSSR count). The number of imide groups is 1. The predicted molar refractivity (Wildman–Crippen MR) is 218 cm³/mol. The maximum atomic E-state index is 15.0. The first-order valence-corrected chi connectivity index (χ1v) is 19.0. The minimum Gasteiger partial charge on any atom is -0.307 e. The van der Waals surface area contributed by atoms with Crippen LogP contribution in [0.5, 0.6) is 0 Å². The molecule has 0 N–H and O–H groups in total. The first kappa shape index (κ1) is 31.9. The molecule has 0 saturated heterocycles. The Morgan fingerprint density at radius 3 is 1.58 bits per heavy atom. The molecule has 1 aromatic heterocycles. The minimum atomic E-state index is -0.309. The molecule has 0 aliphatic carbocycles. The van der Waals surface area contributed by atoms with Crippen LogP contribution in [0.25, 0.3) is 60.9 Å². The van der Waals surface area contributed by atoms with Crippen LogP contribution in [-0.2, 0) is 0 Å². The highest BCUT2D eigenvalue weighted by Crippen LogP contribution is 2.44. The van der Waals surface area contributed by atoms with Gasteiger partial charge in [-0.1, -0.05) is 153 Å². The van der Waals surface area contributed by atoms with E-state index in [9.17, 15) is 9.59 Å². The lowest BCUT2D eigenvalue weighted by Gasteiger charge is -2.20. The number of hydrogen-bond donors (Lipinski definition) is 0. The average Bonchev–Trinajstić information content (AvgIpc) is 3.66. The maximum Gasteiger partial charge on any atom is 0.268 e. The third kappa shape index (κ3) is 5.02. The van der Waals surface area contributed by atoms with E-state index in [2.05, 4.69) is 122 Å². The summed E-state index contributed by atoms with van der Waals surface area (Å²) >= 11 is 0. The third-order valence-electron chi connectivity index (χ3n) is 10.3. The highest BCUT2D eigenvalue weighted by molar-refractivity contribution is 7.46. The molecule has 0 bridgehead atoms. The zero-order chi connectivity index (χ0) is 35.5. The second kappa shape index (κ2) is 12.6. The summed E-state index contributed by atoms with van der Waals surface area (Å²) in [5.74, 6) is -0.610. The number of amides is 2. The Morgan fingerprint density at radius 2 is 1.00 bits per heavy atom. The van der Waals surface area contributed by atoms with Crippen LogP contribution in [0, 0.1) is 13.8 Å². The van der Waals surface area contributed by atoms with Gasteiger partial charge in [0.1, 0.15) is 0 Å². The van der Waals surface area contributed by atoms with Crippen LogP contribution in [0.1, 0.15) is 31.8 Å². The van der Waals surface area contributed by atoms with Gasteiger partial charge in [0.25, 0.3) is 11.8 Å². The number of carbonyl (C=O) groups is 2. The van der Waals surface area contributed by atoms with E-state index in [1.807, 2.05) is 48.5 Å². The third-order valence-corrected chi connectivity index (χ3v) is 11.2. The van der Waals surface area contributed by atoms with Crippen LogP contribution < -0.4 is 10.2 Å². The lowest BCUT2D eigenvalue weighted by Crippen LogP contribution is -2.32. The van der Waals surface area contributed by atoms with Gasteiger partial charge in [0.05, 0.1) is 33.5 Å². The number of rotatable bonds is 6. The summed E-state index contributed by atoms with van der Waals surface area (Å²) in [5, 5.41) is 3.13. The monoisotopic (exact) mass is 690 g/mol. The van der Waals surface area contributed by atoms with Crippen LogP contribution in [0.3, 0.4) is 0 Å². The summed E-state index contributed by atoms with van der Waals surface area (Å²) < 4.78 is 2.24. The normalized spacial score (nSPS) is 12.9. The number of benzene rings is 7. The number of nitrogens with zero attached hydrogens (tertiary/aromatic N) is 2. The summed E-state index contributed by atoms with van der Waals surface area (Å²) in [4.78, 5) is 30.9. The lowest BCUT2D eigenvalue weighted by atomic mass is 9.99. The van der Waals surface area contributed by atoms with Gasteiger partial charge >= 0.3 is 0 Å². The summed E-state index contributed by atoms with van der Waals surface area (Å²) in [6, 6.07) is 51.9. The molecule has 0 radical (unpaired) electrons. The second-order valence-corrected chi connectivity index (χ2v) is 14.5. The Balaban J connectivity index is 1.33. The Bertz CT molecular complexity index is 2610.